The normalized spacial score (nSPS) is 19.5. The van der Waals surface area contributed by atoms with Crippen LogP contribution in [0.5, 0.6) is 0 Å². The molecule has 1 heterocycles. The number of hydrogen-bond acceptors (Lipinski definition) is 1. The number of benzene rings is 1. The van der Waals surface area contributed by atoms with Crippen LogP contribution in [0, 0.1) is 0 Å². The Morgan fingerprint density at radius 2 is 1.70 bits per heavy atom. The third-order valence-electron chi connectivity index (χ3n) is 5.22. The second-order valence-corrected chi connectivity index (χ2v) is 9.86. The third-order valence-corrected chi connectivity index (χ3v) is 7.04. The van der Waals surface area contributed by atoms with Gasteiger partial charge in [0.1, 0.15) is 0 Å². The van der Waals surface area contributed by atoms with Crippen molar-refractivity contribution < 1.29 is 0 Å². The molecule has 0 aliphatic heterocycles. The van der Waals surface area contributed by atoms with Crippen LogP contribution in [0.3, 0.4) is 0 Å². The molecule has 0 spiro atoms. The van der Waals surface area contributed by atoms with Crippen molar-refractivity contribution in [3.05, 3.63) is 55.7 Å². The van der Waals surface area contributed by atoms with Gasteiger partial charge in [0.05, 0.1) is 0 Å². The average molecular weight is 389 g/mol. The molecule has 2 aromatic rings. The second kappa shape index (κ2) is 5.89. The monoisotopic (exact) mass is 388 g/mol. The van der Waals surface area contributed by atoms with E-state index in [0.717, 1.165) is 0 Å². The lowest BCUT2D eigenvalue weighted by Crippen LogP contribution is -2.33. The summed E-state index contributed by atoms with van der Waals surface area (Å²) in [5.41, 5.74) is 6.27. The minimum absolute atomic E-state index is 0.272. The molecular formula is C21H25BrS. The van der Waals surface area contributed by atoms with E-state index in [-0.39, 0.29) is 5.41 Å². The zero-order valence-corrected chi connectivity index (χ0v) is 17.1. The van der Waals surface area contributed by atoms with Gasteiger partial charge in [0, 0.05) is 14.7 Å². The predicted molar refractivity (Wildman–Crippen MR) is 107 cm³/mol. The van der Waals surface area contributed by atoms with Crippen LogP contribution in [0.4, 0.5) is 0 Å². The Balaban J connectivity index is 2.03. The number of allylic oxidation sites excluding steroid dienone is 1. The zero-order valence-electron chi connectivity index (χ0n) is 14.7. The summed E-state index contributed by atoms with van der Waals surface area (Å²) in [7, 11) is 0. The standard InChI is InChI=1S/C21H25BrS/c1-14(19-12-16(22)13-23-19)10-15-6-7-17-18(11-15)21(4,5)9-8-20(17,2)3/h6-7,10-13H,8-9H2,1-5H3/b14-10-. The largest absolute Gasteiger partial charge is 0.143 e. The summed E-state index contributed by atoms with van der Waals surface area (Å²) in [4.78, 5) is 1.33. The lowest BCUT2D eigenvalue weighted by molar-refractivity contribution is 0.332. The number of thiophene rings is 1. The highest BCUT2D eigenvalue weighted by Crippen LogP contribution is 2.46. The first-order valence-electron chi connectivity index (χ1n) is 8.27. The Hall–Kier alpha value is -0.860. The average Bonchev–Trinajstić information content (AvgIpc) is 2.91. The molecule has 0 saturated carbocycles. The van der Waals surface area contributed by atoms with Crippen LogP contribution in [0.1, 0.15) is 69.0 Å². The summed E-state index contributed by atoms with van der Waals surface area (Å²) in [6, 6.07) is 9.26. The van der Waals surface area contributed by atoms with Gasteiger partial charge in [0.15, 0.2) is 0 Å². The fourth-order valence-corrected chi connectivity index (χ4v) is 4.95. The van der Waals surface area contributed by atoms with Crippen molar-refractivity contribution in [3.63, 3.8) is 0 Å². The smallest absolute Gasteiger partial charge is 0.0311 e. The third kappa shape index (κ3) is 3.34. The van der Waals surface area contributed by atoms with Crippen molar-refractivity contribution in [2.24, 2.45) is 0 Å². The van der Waals surface area contributed by atoms with E-state index >= 15 is 0 Å². The summed E-state index contributed by atoms with van der Waals surface area (Å²) in [5, 5.41) is 2.14. The van der Waals surface area contributed by atoms with Crippen LogP contribution in [-0.4, -0.2) is 0 Å². The lowest BCUT2D eigenvalue weighted by atomic mass is 9.63. The van der Waals surface area contributed by atoms with Gasteiger partial charge in [-0.1, -0.05) is 52.0 Å². The van der Waals surface area contributed by atoms with Gasteiger partial charge in [-0.05, 0) is 74.9 Å². The van der Waals surface area contributed by atoms with E-state index in [1.807, 2.05) is 0 Å². The van der Waals surface area contributed by atoms with Gasteiger partial charge in [-0.15, -0.1) is 11.3 Å². The molecule has 3 rings (SSSR count). The number of fused-ring (bicyclic) bond motifs is 1. The Morgan fingerprint density at radius 1 is 1.04 bits per heavy atom. The summed E-state index contributed by atoms with van der Waals surface area (Å²) >= 11 is 5.34. The van der Waals surface area contributed by atoms with Gasteiger partial charge < -0.3 is 0 Å². The van der Waals surface area contributed by atoms with Gasteiger partial charge in [-0.25, -0.2) is 0 Å². The van der Waals surface area contributed by atoms with Crippen molar-refractivity contribution in [2.75, 3.05) is 0 Å². The van der Waals surface area contributed by atoms with E-state index < -0.39 is 0 Å². The fourth-order valence-electron chi connectivity index (χ4n) is 3.54. The number of hydrogen-bond donors (Lipinski definition) is 0. The van der Waals surface area contributed by atoms with E-state index in [1.165, 1.54) is 44.5 Å². The van der Waals surface area contributed by atoms with Crippen molar-refractivity contribution >= 4 is 38.9 Å². The Morgan fingerprint density at radius 3 is 2.30 bits per heavy atom. The Kier molecular flexibility index (Phi) is 4.35. The molecule has 1 aromatic heterocycles. The maximum Gasteiger partial charge on any atom is 0.0311 e. The van der Waals surface area contributed by atoms with Crippen molar-refractivity contribution in [1.82, 2.24) is 0 Å². The van der Waals surface area contributed by atoms with Gasteiger partial charge in [-0.2, -0.15) is 0 Å². The molecule has 0 radical (unpaired) electrons. The zero-order chi connectivity index (χ0) is 16.8. The van der Waals surface area contributed by atoms with Crippen LogP contribution in [-0.2, 0) is 10.8 Å². The molecule has 0 atom stereocenters. The van der Waals surface area contributed by atoms with Crippen LogP contribution in [0.25, 0.3) is 11.6 Å². The molecule has 1 aliphatic carbocycles. The molecule has 0 N–H and O–H groups in total. The van der Waals surface area contributed by atoms with E-state index in [1.54, 1.807) is 11.3 Å². The van der Waals surface area contributed by atoms with E-state index in [2.05, 4.69) is 86.3 Å². The first-order valence-corrected chi connectivity index (χ1v) is 9.94. The molecule has 0 bridgehead atoms. The quantitative estimate of drug-likeness (QED) is 0.501. The van der Waals surface area contributed by atoms with Gasteiger partial charge in [-0.3, -0.25) is 0 Å². The SMILES string of the molecule is C/C(=C/c1ccc2c(c1)C(C)(C)CCC2(C)C)c1cc(Br)cs1. The molecule has 1 aromatic carbocycles. The molecule has 0 nitrogen and oxygen atoms in total. The molecule has 23 heavy (non-hydrogen) atoms. The summed E-state index contributed by atoms with van der Waals surface area (Å²) < 4.78 is 1.17. The molecule has 0 fully saturated rings. The second-order valence-electron chi connectivity index (χ2n) is 8.03. The maximum atomic E-state index is 3.55. The molecule has 1 aliphatic rings. The van der Waals surface area contributed by atoms with Gasteiger partial charge >= 0.3 is 0 Å². The van der Waals surface area contributed by atoms with Crippen molar-refractivity contribution in [1.29, 1.82) is 0 Å². The Bertz CT molecular complexity index is 762. The highest BCUT2D eigenvalue weighted by Gasteiger charge is 2.36. The van der Waals surface area contributed by atoms with Crippen LogP contribution < -0.4 is 0 Å². The summed E-state index contributed by atoms with van der Waals surface area (Å²) in [6.45, 7) is 11.7. The minimum atomic E-state index is 0.272. The van der Waals surface area contributed by atoms with E-state index in [9.17, 15) is 0 Å². The van der Waals surface area contributed by atoms with Gasteiger partial charge in [0.25, 0.3) is 0 Å². The van der Waals surface area contributed by atoms with Crippen molar-refractivity contribution in [2.45, 2.75) is 58.3 Å². The van der Waals surface area contributed by atoms with Crippen molar-refractivity contribution in [3.8, 4) is 0 Å². The summed E-state index contributed by atoms with van der Waals surface area (Å²) in [5.74, 6) is 0. The van der Waals surface area contributed by atoms with E-state index in [0.29, 0.717) is 5.41 Å². The van der Waals surface area contributed by atoms with Crippen LogP contribution in [0.15, 0.2) is 34.1 Å². The highest BCUT2D eigenvalue weighted by atomic mass is 79.9. The molecule has 122 valence electrons. The minimum Gasteiger partial charge on any atom is -0.143 e. The van der Waals surface area contributed by atoms with Crippen LogP contribution >= 0.6 is 27.3 Å². The van der Waals surface area contributed by atoms with E-state index in [4.69, 9.17) is 0 Å². The molecule has 0 saturated heterocycles. The molecule has 0 amide bonds. The van der Waals surface area contributed by atoms with Gasteiger partial charge in [0.2, 0.25) is 0 Å². The predicted octanol–water partition coefficient (Wildman–Crippen LogP) is 7.42. The summed E-state index contributed by atoms with van der Waals surface area (Å²) in [6.07, 6.45) is 4.84. The fraction of sp³-hybridized carbons (Fsp3) is 0.429. The molecular weight excluding hydrogens is 364 g/mol. The number of halogens is 1. The first-order chi connectivity index (χ1) is 10.7. The first kappa shape index (κ1) is 17.0. The molecule has 0 unspecified atom stereocenters. The lowest BCUT2D eigenvalue weighted by Gasteiger charge is -2.42. The topological polar surface area (TPSA) is 0 Å². The molecule has 2 heteroatoms. The maximum absolute atomic E-state index is 3.55. The number of rotatable bonds is 2. The van der Waals surface area contributed by atoms with Crippen LogP contribution in [0.2, 0.25) is 0 Å². The highest BCUT2D eigenvalue weighted by molar-refractivity contribution is 9.10. The Labute approximate surface area is 152 Å².